The predicted octanol–water partition coefficient (Wildman–Crippen LogP) is 3.09. The van der Waals surface area contributed by atoms with E-state index in [1.165, 1.54) is 15.9 Å². The smallest absolute Gasteiger partial charge is 0.323 e. The van der Waals surface area contributed by atoms with Crippen molar-refractivity contribution in [2.45, 2.75) is 26.8 Å². The van der Waals surface area contributed by atoms with Crippen molar-refractivity contribution in [3.05, 3.63) is 45.3 Å². The first-order valence-electron chi connectivity index (χ1n) is 7.84. The summed E-state index contributed by atoms with van der Waals surface area (Å²) >= 11 is 1.39. The number of nitrogens with zero attached hydrogens (tertiary/aromatic N) is 2. The van der Waals surface area contributed by atoms with Crippen molar-refractivity contribution in [2.75, 3.05) is 7.11 Å². The fraction of sp³-hybridized carbons (Fsp3) is 0.278. The van der Waals surface area contributed by atoms with Crippen molar-refractivity contribution < 1.29 is 14.6 Å². The molecule has 2 heterocycles. The average molecular weight is 358 g/mol. The standard InChI is InChI=1S/C18H18N2O4S/c1-4-14-19-17-16(18(23)20(14)8-15(21)22)12(9-25-17)11-5-6-13(24-3)10(2)7-11/h5-7,9H,4,8H2,1-3H3,(H,21,22). The topological polar surface area (TPSA) is 81.4 Å². The Balaban J connectivity index is 2.26. The summed E-state index contributed by atoms with van der Waals surface area (Å²) in [5.41, 5.74) is 2.30. The van der Waals surface area contributed by atoms with Crippen LogP contribution >= 0.6 is 11.3 Å². The second-order valence-electron chi connectivity index (χ2n) is 5.68. The highest BCUT2D eigenvalue weighted by molar-refractivity contribution is 7.17. The van der Waals surface area contributed by atoms with Crippen LogP contribution in [-0.4, -0.2) is 27.7 Å². The van der Waals surface area contributed by atoms with E-state index < -0.39 is 5.97 Å². The molecule has 0 radical (unpaired) electrons. The van der Waals surface area contributed by atoms with Gasteiger partial charge in [0.1, 0.15) is 22.9 Å². The van der Waals surface area contributed by atoms with E-state index in [0.29, 0.717) is 22.5 Å². The Morgan fingerprint density at radius 1 is 1.40 bits per heavy atom. The van der Waals surface area contributed by atoms with E-state index in [0.717, 1.165) is 22.4 Å². The van der Waals surface area contributed by atoms with E-state index in [1.54, 1.807) is 7.11 Å². The number of methoxy groups -OCH3 is 1. The lowest BCUT2D eigenvalue weighted by Crippen LogP contribution is -2.28. The van der Waals surface area contributed by atoms with Crippen LogP contribution < -0.4 is 10.3 Å². The van der Waals surface area contributed by atoms with E-state index in [9.17, 15) is 9.59 Å². The molecule has 3 rings (SSSR count). The van der Waals surface area contributed by atoms with E-state index in [4.69, 9.17) is 9.84 Å². The Labute approximate surface area is 148 Å². The third-order valence-electron chi connectivity index (χ3n) is 4.09. The number of carboxylic acids is 1. The summed E-state index contributed by atoms with van der Waals surface area (Å²) in [4.78, 5) is 29.2. The molecule has 0 bridgehead atoms. The second kappa shape index (κ2) is 6.68. The van der Waals surface area contributed by atoms with Crippen LogP contribution in [0.5, 0.6) is 5.75 Å². The van der Waals surface area contributed by atoms with Gasteiger partial charge in [-0.25, -0.2) is 4.98 Å². The molecule has 1 aromatic carbocycles. The Kier molecular flexibility index (Phi) is 4.59. The molecule has 1 N–H and O–H groups in total. The number of ether oxygens (including phenoxy) is 1. The molecular weight excluding hydrogens is 340 g/mol. The van der Waals surface area contributed by atoms with Gasteiger partial charge in [0.2, 0.25) is 0 Å². The maximum Gasteiger partial charge on any atom is 0.323 e. The van der Waals surface area contributed by atoms with Crippen LogP contribution in [0, 0.1) is 6.92 Å². The number of carbonyl (C=O) groups is 1. The van der Waals surface area contributed by atoms with E-state index in [2.05, 4.69) is 4.98 Å². The molecule has 0 fully saturated rings. The predicted molar refractivity (Wildman–Crippen MR) is 97.6 cm³/mol. The molecule has 0 spiro atoms. The summed E-state index contributed by atoms with van der Waals surface area (Å²) < 4.78 is 6.53. The minimum atomic E-state index is -1.06. The maximum absolute atomic E-state index is 12.9. The van der Waals surface area contributed by atoms with E-state index >= 15 is 0 Å². The van der Waals surface area contributed by atoms with Gasteiger partial charge in [-0.2, -0.15) is 0 Å². The number of fused-ring (bicyclic) bond motifs is 1. The van der Waals surface area contributed by atoms with Crippen LogP contribution in [0.25, 0.3) is 21.3 Å². The van der Waals surface area contributed by atoms with Crippen molar-refractivity contribution in [3.8, 4) is 16.9 Å². The molecule has 0 aliphatic rings. The van der Waals surface area contributed by atoms with Crippen LogP contribution in [0.2, 0.25) is 0 Å². The first kappa shape index (κ1) is 17.2. The monoisotopic (exact) mass is 358 g/mol. The minimum Gasteiger partial charge on any atom is -0.496 e. The molecule has 25 heavy (non-hydrogen) atoms. The van der Waals surface area contributed by atoms with Gasteiger partial charge in [-0.15, -0.1) is 11.3 Å². The zero-order valence-corrected chi connectivity index (χ0v) is 15.0. The molecular formula is C18H18N2O4S. The summed E-state index contributed by atoms with van der Waals surface area (Å²) in [5, 5.41) is 11.5. The quantitative estimate of drug-likeness (QED) is 0.758. The number of aliphatic carboxylic acids is 1. The summed E-state index contributed by atoms with van der Waals surface area (Å²) in [6, 6.07) is 5.70. The van der Waals surface area contributed by atoms with Gasteiger partial charge in [-0.3, -0.25) is 14.2 Å². The zero-order valence-electron chi connectivity index (χ0n) is 14.2. The average Bonchev–Trinajstić information content (AvgIpc) is 3.01. The first-order valence-corrected chi connectivity index (χ1v) is 8.72. The molecule has 0 unspecified atom stereocenters. The van der Waals surface area contributed by atoms with Crippen molar-refractivity contribution in [1.29, 1.82) is 0 Å². The summed E-state index contributed by atoms with van der Waals surface area (Å²) in [7, 11) is 1.61. The molecule has 7 heteroatoms. The highest BCUT2D eigenvalue weighted by Gasteiger charge is 2.18. The lowest BCUT2D eigenvalue weighted by atomic mass is 10.0. The molecule has 3 aromatic rings. The van der Waals surface area contributed by atoms with Crippen molar-refractivity contribution in [3.63, 3.8) is 0 Å². The number of rotatable bonds is 5. The number of benzene rings is 1. The van der Waals surface area contributed by atoms with Gasteiger partial charge >= 0.3 is 5.97 Å². The maximum atomic E-state index is 12.9. The molecule has 0 amide bonds. The fourth-order valence-corrected chi connectivity index (χ4v) is 3.85. The fourth-order valence-electron chi connectivity index (χ4n) is 2.89. The van der Waals surface area contributed by atoms with Gasteiger partial charge in [0.25, 0.3) is 5.56 Å². The Hall–Kier alpha value is -2.67. The van der Waals surface area contributed by atoms with Gasteiger partial charge in [0, 0.05) is 17.4 Å². The van der Waals surface area contributed by atoms with Crippen LogP contribution in [0.1, 0.15) is 18.3 Å². The lowest BCUT2D eigenvalue weighted by Gasteiger charge is -2.10. The molecule has 0 aliphatic heterocycles. The van der Waals surface area contributed by atoms with Gasteiger partial charge in [0.05, 0.1) is 12.5 Å². The summed E-state index contributed by atoms with van der Waals surface area (Å²) in [5.74, 6) is 0.201. The van der Waals surface area contributed by atoms with Crippen molar-refractivity contribution >= 4 is 27.5 Å². The number of thiophene rings is 1. The molecule has 130 valence electrons. The number of carboxylic acid groups (broad SMARTS) is 1. The highest BCUT2D eigenvalue weighted by Crippen LogP contribution is 2.33. The Morgan fingerprint density at radius 3 is 2.76 bits per heavy atom. The third-order valence-corrected chi connectivity index (χ3v) is 4.96. The molecule has 2 aromatic heterocycles. The first-order chi connectivity index (χ1) is 12.0. The van der Waals surface area contributed by atoms with Gasteiger partial charge in [-0.05, 0) is 30.2 Å². The number of aromatic nitrogens is 2. The summed E-state index contributed by atoms with van der Waals surface area (Å²) in [6.45, 7) is 3.40. The SMILES string of the molecule is CCc1nc2scc(-c3ccc(OC)c(C)c3)c2c(=O)n1CC(=O)O. The van der Waals surface area contributed by atoms with Crippen LogP contribution in [0.3, 0.4) is 0 Å². The highest BCUT2D eigenvalue weighted by atomic mass is 32.1. The molecule has 0 aliphatic carbocycles. The van der Waals surface area contributed by atoms with Gasteiger partial charge < -0.3 is 9.84 Å². The molecule has 0 atom stereocenters. The summed E-state index contributed by atoms with van der Waals surface area (Å²) in [6.07, 6.45) is 0.493. The Morgan fingerprint density at radius 2 is 2.16 bits per heavy atom. The molecule has 6 nitrogen and oxygen atoms in total. The zero-order chi connectivity index (χ0) is 18.1. The molecule has 0 saturated carbocycles. The van der Waals surface area contributed by atoms with Crippen LogP contribution in [0.15, 0.2) is 28.4 Å². The van der Waals surface area contributed by atoms with Crippen LogP contribution in [0.4, 0.5) is 0 Å². The van der Waals surface area contributed by atoms with Gasteiger partial charge in [-0.1, -0.05) is 13.0 Å². The number of hydrogen-bond donors (Lipinski definition) is 1. The van der Waals surface area contributed by atoms with Crippen molar-refractivity contribution in [1.82, 2.24) is 9.55 Å². The minimum absolute atomic E-state index is 0.311. The third kappa shape index (κ3) is 3.02. The van der Waals surface area contributed by atoms with E-state index in [-0.39, 0.29) is 12.1 Å². The number of aryl methyl sites for hydroxylation is 2. The number of hydrogen-bond acceptors (Lipinski definition) is 5. The van der Waals surface area contributed by atoms with Crippen LogP contribution in [-0.2, 0) is 17.8 Å². The van der Waals surface area contributed by atoms with E-state index in [1.807, 2.05) is 37.4 Å². The normalized spacial score (nSPS) is 11.0. The lowest BCUT2D eigenvalue weighted by molar-refractivity contribution is -0.137. The largest absolute Gasteiger partial charge is 0.496 e. The Bertz CT molecular complexity index is 1020. The van der Waals surface area contributed by atoms with Gasteiger partial charge in [0.15, 0.2) is 0 Å². The second-order valence-corrected chi connectivity index (χ2v) is 6.54. The van der Waals surface area contributed by atoms with Crippen molar-refractivity contribution in [2.24, 2.45) is 0 Å². The molecule has 0 saturated heterocycles.